The van der Waals surface area contributed by atoms with E-state index in [0.29, 0.717) is 26.2 Å². The summed E-state index contributed by atoms with van der Waals surface area (Å²) >= 11 is 0. The predicted octanol–water partition coefficient (Wildman–Crippen LogP) is -1.18. The molecule has 1 aliphatic heterocycles. The van der Waals surface area contributed by atoms with Gasteiger partial charge in [0.15, 0.2) is 0 Å². The fourth-order valence-electron chi connectivity index (χ4n) is 1.89. The molecule has 1 heterocycles. The fourth-order valence-corrected chi connectivity index (χ4v) is 1.89. The van der Waals surface area contributed by atoms with Gasteiger partial charge in [0.25, 0.3) is 0 Å². The van der Waals surface area contributed by atoms with Crippen molar-refractivity contribution >= 4 is 30.1 Å². The van der Waals surface area contributed by atoms with Crippen molar-refractivity contribution in [2.24, 2.45) is 0 Å². The van der Waals surface area contributed by atoms with Crippen molar-refractivity contribution in [2.75, 3.05) is 46.3 Å². The first-order valence-corrected chi connectivity index (χ1v) is 6.59. The molecule has 0 aromatic rings. The highest BCUT2D eigenvalue weighted by atomic mass is 35.5. The van der Waals surface area contributed by atoms with Gasteiger partial charge in [-0.05, 0) is 26.9 Å². The van der Waals surface area contributed by atoms with Crippen LogP contribution < -0.4 is 10.6 Å². The topological polar surface area (TPSA) is 81.8 Å². The third-order valence-corrected chi connectivity index (χ3v) is 3.04. The molecule has 1 fully saturated rings. The molecule has 3 amide bonds. The number of carbonyl (C=O) groups is 3. The number of nitrogens with zero attached hydrogens (tertiary/aromatic N) is 2. The van der Waals surface area contributed by atoms with Gasteiger partial charge >= 0.3 is 11.8 Å². The zero-order valence-corrected chi connectivity index (χ0v) is 12.8. The van der Waals surface area contributed by atoms with Gasteiger partial charge in [-0.3, -0.25) is 14.4 Å². The molecule has 0 aromatic carbocycles. The van der Waals surface area contributed by atoms with Crippen LogP contribution >= 0.6 is 12.4 Å². The van der Waals surface area contributed by atoms with Crippen LogP contribution in [-0.4, -0.2) is 73.8 Å². The summed E-state index contributed by atoms with van der Waals surface area (Å²) in [6, 6.07) is 0. The third kappa shape index (κ3) is 5.34. The molecule has 8 heteroatoms. The van der Waals surface area contributed by atoms with E-state index in [1.54, 1.807) is 0 Å². The van der Waals surface area contributed by atoms with Crippen LogP contribution in [0.25, 0.3) is 0 Å². The normalized spacial score (nSPS) is 15.1. The Labute approximate surface area is 125 Å². The summed E-state index contributed by atoms with van der Waals surface area (Å²) in [5.41, 5.74) is 0. The summed E-state index contributed by atoms with van der Waals surface area (Å²) < 4.78 is 0. The van der Waals surface area contributed by atoms with E-state index in [2.05, 4.69) is 10.6 Å². The largest absolute Gasteiger partial charge is 0.355 e. The lowest BCUT2D eigenvalue weighted by atomic mass is 10.3. The molecular weight excluding hydrogens is 284 g/mol. The van der Waals surface area contributed by atoms with Gasteiger partial charge < -0.3 is 20.4 Å². The van der Waals surface area contributed by atoms with Crippen LogP contribution in [0.15, 0.2) is 0 Å². The highest BCUT2D eigenvalue weighted by molar-refractivity contribution is 6.35. The number of amides is 3. The second kappa shape index (κ2) is 9.55. The van der Waals surface area contributed by atoms with Crippen LogP contribution in [0.3, 0.4) is 0 Å². The summed E-state index contributed by atoms with van der Waals surface area (Å²) in [5, 5.41) is 5.71. The Kier molecular flexibility index (Phi) is 8.91. The van der Waals surface area contributed by atoms with Crippen molar-refractivity contribution in [2.45, 2.75) is 13.3 Å². The van der Waals surface area contributed by atoms with Crippen LogP contribution in [0.2, 0.25) is 0 Å². The van der Waals surface area contributed by atoms with Gasteiger partial charge in [0, 0.05) is 26.2 Å². The molecule has 0 unspecified atom stereocenters. The highest BCUT2D eigenvalue weighted by Gasteiger charge is 2.32. The van der Waals surface area contributed by atoms with Gasteiger partial charge in [0.05, 0.1) is 0 Å². The number of likely N-dealkylation sites (N-methyl/N-ethyl adjacent to an activating group) is 1. The second-order valence-corrected chi connectivity index (χ2v) is 4.42. The lowest BCUT2D eigenvalue weighted by Crippen LogP contribution is -2.56. The standard InChI is InChI=1S/C12H22N4O3.ClH/c1-3-15-7-8-16(12(19)11(15)18)9-10(17)14-6-4-5-13-2;/h13H,3-9H2,1-2H3,(H,14,17);1H. The molecule has 0 aliphatic carbocycles. The fraction of sp³-hybridized carbons (Fsp3) is 0.750. The monoisotopic (exact) mass is 306 g/mol. The number of hydrogen-bond donors (Lipinski definition) is 2. The van der Waals surface area contributed by atoms with Crippen LogP contribution in [0.5, 0.6) is 0 Å². The van der Waals surface area contributed by atoms with Gasteiger partial charge in [0.2, 0.25) is 5.91 Å². The molecule has 2 N–H and O–H groups in total. The molecule has 116 valence electrons. The van der Waals surface area contributed by atoms with Crippen molar-refractivity contribution in [3.8, 4) is 0 Å². The van der Waals surface area contributed by atoms with Gasteiger partial charge in [-0.15, -0.1) is 12.4 Å². The minimum absolute atomic E-state index is 0. The quantitative estimate of drug-likeness (QED) is 0.458. The Morgan fingerprint density at radius 2 is 1.75 bits per heavy atom. The van der Waals surface area contributed by atoms with E-state index in [1.165, 1.54) is 9.80 Å². The SMILES string of the molecule is CCN1CCN(CC(=O)NCCCNC)C(=O)C1=O.Cl. The first kappa shape index (κ1) is 18.7. The second-order valence-electron chi connectivity index (χ2n) is 4.42. The molecule has 1 aliphatic rings. The smallest absolute Gasteiger partial charge is 0.312 e. The van der Waals surface area contributed by atoms with Gasteiger partial charge in [-0.2, -0.15) is 0 Å². The molecule has 7 nitrogen and oxygen atoms in total. The number of halogens is 1. The third-order valence-electron chi connectivity index (χ3n) is 3.04. The van der Waals surface area contributed by atoms with E-state index in [9.17, 15) is 14.4 Å². The van der Waals surface area contributed by atoms with E-state index in [4.69, 9.17) is 0 Å². The number of rotatable bonds is 7. The molecule has 0 radical (unpaired) electrons. The zero-order chi connectivity index (χ0) is 14.3. The summed E-state index contributed by atoms with van der Waals surface area (Å²) in [7, 11) is 1.85. The lowest BCUT2D eigenvalue weighted by molar-refractivity contribution is -0.156. The van der Waals surface area contributed by atoms with Crippen molar-refractivity contribution in [1.82, 2.24) is 20.4 Å². The lowest BCUT2D eigenvalue weighted by Gasteiger charge is -2.32. The Morgan fingerprint density at radius 3 is 2.35 bits per heavy atom. The maximum absolute atomic E-state index is 11.8. The van der Waals surface area contributed by atoms with Crippen molar-refractivity contribution in [3.05, 3.63) is 0 Å². The van der Waals surface area contributed by atoms with Gasteiger partial charge in [-0.1, -0.05) is 0 Å². The number of piperazine rings is 1. The van der Waals surface area contributed by atoms with Crippen molar-refractivity contribution < 1.29 is 14.4 Å². The summed E-state index contributed by atoms with van der Waals surface area (Å²) in [6.07, 6.45) is 0.832. The molecule has 0 atom stereocenters. The number of nitrogens with one attached hydrogen (secondary N) is 2. The molecule has 1 saturated heterocycles. The van der Waals surface area contributed by atoms with E-state index in [0.717, 1.165) is 13.0 Å². The average Bonchev–Trinajstić information content (AvgIpc) is 2.40. The van der Waals surface area contributed by atoms with Crippen LogP contribution in [0, 0.1) is 0 Å². The molecule has 0 spiro atoms. The Hall–Kier alpha value is -1.34. The Bertz CT molecular complexity index is 352. The summed E-state index contributed by atoms with van der Waals surface area (Å²) in [4.78, 5) is 37.8. The summed E-state index contributed by atoms with van der Waals surface area (Å²) in [6.45, 7) is 4.62. The maximum Gasteiger partial charge on any atom is 0.312 e. The number of hydrogen-bond acceptors (Lipinski definition) is 4. The molecule has 0 saturated carbocycles. The van der Waals surface area contributed by atoms with Gasteiger partial charge in [-0.25, -0.2) is 0 Å². The van der Waals surface area contributed by atoms with Crippen LogP contribution in [-0.2, 0) is 14.4 Å². The molecule has 20 heavy (non-hydrogen) atoms. The summed E-state index contributed by atoms with van der Waals surface area (Å²) in [5.74, 6) is -1.32. The minimum atomic E-state index is -0.585. The van der Waals surface area contributed by atoms with Crippen molar-refractivity contribution in [1.29, 1.82) is 0 Å². The highest BCUT2D eigenvalue weighted by Crippen LogP contribution is 2.04. The van der Waals surface area contributed by atoms with Crippen molar-refractivity contribution in [3.63, 3.8) is 0 Å². The first-order chi connectivity index (χ1) is 9.10. The zero-order valence-electron chi connectivity index (χ0n) is 12.0. The molecular formula is C12H23ClN4O3. The number of carbonyl (C=O) groups excluding carboxylic acids is 3. The maximum atomic E-state index is 11.8. The van der Waals surface area contributed by atoms with E-state index in [-0.39, 0.29) is 24.9 Å². The minimum Gasteiger partial charge on any atom is -0.355 e. The van der Waals surface area contributed by atoms with E-state index < -0.39 is 11.8 Å². The average molecular weight is 307 g/mol. The van der Waals surface area contributed by atoms with Gasteiger partial charge in [0.1, 0.15) is 6.54 Å². The predicted molar refractivity (Wildman–Crippen MR) is 77.6 cm³/mol. The molecule has 1 rings (SSSR count). The Morgan fingerprint density at radius 1 is 1.15 bits per heavy atom. The Balaban J connectivity index is 0.00000361. The van der Waals surface area contributed by atoms with E-state index in [1.807, 2.05) is 14.0 Å². The van der Waals surface area contributed by atoms with E-state index >= 15 is 0 Å². The molecule has 0 aromatic heterocycles. The van der Waals surface area contributed by atoms with Crippen LogP contribution in [0.4, 0.5) is 0 Å². The first-order valence-electron chi connectivity index (χ1n) is 6.59. The molecule has 0 bridgehead atoms. The van der Waals surface area contributed by atoms with Crippen LogP contribution in [0.1, 0.15) is 13.3 Å².